The molecule has 0 aliphatic heterocycles. The predicted octanol–water partition coefficient (Wildman–Crippen LogP) is 12.4. The van der Waals surface area contributed by atoms with Crippen molar-refractivity contribution < 1.29 is 4.42 Å². The van der Waals surface area contributed by atoms with Crippen molar-refractivity contribution in [3.8, 4) is 67.3 Å². The maximum Gasteiger partial charge on any atom is 0.160 e. The average molecular weight is 627 g/mol. The lowest BCUT2D eigenvalue weighted by molar-refractivity contribution is 0.669. The number of hydrogen-bond donors (Lipinski definition) is 0. The molecule has 0 saturated carbocycles. The zero-order chi connectivity index (χ0) is 32.6. The molecule has 0 aliphatic carbocycles. The summed E-state index contributed by atoms with van der Waals surface area (Å²) >= 11 is 0. The number of hydrogen-bond acceptors (Lipinski definition) is 3. The van der Waals surface area contributed by atoms with Gasteiger partial charge in [0.15, 0.2) is 5.82 Å². The van der Waals surface area contributed by atoms with Crippen LogP contribution < -0.4 is 0 Å². The first-order valence-corrected chi connectivity index (χ1v) is 16.5. The molecule has 0 saturated heterocycles. The molecular weight excluding hydrogens is 597 g/mol. The largest absolute Gasteiger partial charge is 0.456 e. The summed E-state index contributed by atoms with van der Waals surface area (Å²) in [7, 11) is 0. The molecule has 0 bridgehead atoms. The Bertz CT molecular complexity index is 2510. The Balaban J connectivity index is 1.23. The van der Waals surface area contributed by atoms with E-state index in [1.807, 2.05) is 54.6 Å². The molecule has 0 aliphatic rings. The normalized spacial score (nSPS) is 11.3. The summed E-state index contributed by atoms with van der Waals surface area (Å²) in [5.41, 5.74) is 13.3. The summed E-state index contributed by atoms with van der Waals surface area (Å²) < 4.78 is 6.31. The van der Waals surface area contributed by atoms with E-state index in [1.54, 1.807) is 0 Å². The third-order valence-electron chi connectivity index (χ3n) is 9.09. The van der Waals surface area contributed by atoms with Gasteiger partial charge in [0.1, 0.15) is 11.2 Å². The molecular formula is C46H30N2O. The van der Waals surface area contributed by atoms with Crippen LogP contribution in [0.25, 0.3) is 89.2 Å². The predicted molar refractivity (Wildman–Crippen MR) is 202 cm³/mol. The van der Waals surface area contributed by atoms with Crippen LogP contribution in [-0.4, -0.2) is 9.97 Å². The Hall–Kier alpha value is -6.58. The number of aromatic nitrogens is 2. The van der Waals surface area contributed by atoms with Gasteiger partial charge in [0.25, 0.3) is 0 Å². The van der Waals surface area contributed by atoms with Crippen molar-refractivity contribution in [2.75, 3.05) is 0 Å². The van der Waals surface area contributed by atoms with Crippen LogP contribution in [0.2, 0.25) is 0 Å². The molecule has 2 heterocycles. The molecule has 3 heteroatoms. The zero-order valence-electron chi connectivity index (χ0n) is 26.6. The zero-order valence-corrected chi connectivity index (χ0v) is 26.6. The van der Waals surface area contributed by atoms with Gasteiger partial charge in [0.2, 0.25) is 0 Å². The van der Waals surface area contributed by atoms with Crippen molar-refractivity contribution >= 4 is 21.9 Å². The van der Waals surface area contributed by atoms with E-state index in [0.29, 0.717) is 5.82 Å². The van der Waals surface area contributed by atoms with Crippen LogP contribution in [0.4, 0.5) is 0 Å². The fourth-order valence-electron chi connectivity index (χ4n) is 6.57. The minimum Gasteiger partial charge on any atom is -0.456 e. The van der Waals surface area contributed by atoms with Gasteiger partial charge in [-0.25, -0.2) is 9.97 Å². The summed E-state index contributed by atoms with van der Waals surface area (Å²) in [5.74, 6) is 0.694. The highest BCUT2D eigenvalue weighted by atomic mass is 16.3. The molecule has 7 aromatic carbocycles. The van der Waals surface area contributed by atoms with E-state index in [9.17, 15) is 0 Å². The van der Waals surface area contributed by atoms with Crippen LogP contribution >= 0.6 is 0 Å². The molecule has 3 nitrogen and oxygen atoms in total. The van der Waals surface area contributed by atoms with Crippen LogP contribution in [0, 0.1) is 0 Å². The molecule has 9 rings (SSSR count). The molecule has 0 amide bonds. The monoisotopic (exact) mass is 626 g/mol. The van der Waals surface area contributed by atoms with Gasteiger partial charge in [-0.15, -0.1) is 0 Å². The summed E-state index contributed by atoms with van der Waals surface area (Å²) in [6.07, 6.45) is 0. The molecule has 0 unspecified atom stereocenters. The maximum atomic E-state index is 6.31. The highest BCUT2D eigenvalue weighted by Crippen LogP contribution is 2.37. The van der Waals surface area contributed by atoms with Crippen LogP contribution in [0.15, 0.2) is 186 Å². The molecule has 0 spiro atoms. The summed E-state index contributed by atoms with van der Waals surface area (Å²) in [5, 5.41) is 2.24. The molecule has 0 N–H and O–H groups in total. The van der Waals surface area contributed by atoms with E-state index in [-0.39, 0.29) is 0 Å². The SMILES string of the molecule is c1ccc(-c2ccc(-c3cc(-c4ccc5c(c4)oc4ccccc45)cc(-c4cc(-c5ccccc5)nc(-c5ccccc5)n4)c3)cc2)cc1. The quantitative estimate of drug-likeness (QED) is 0.184. The minimum absolute atomic E-state index is 0.694. The van der Waals surface area contributed by atoms with Gasteiger partial charge in [-0.1, -0.05) is 140 Å². The highest BCUT2D eigenvalue weighted by molar-refractivity contribution is 6.06. The van der Waals surface area contributed by atoms with Gasteiger partial charge in [0, 0.05) is 27.5 Å². The third-order valence-corrected chi connectivity index (χ3v) is 9.09. The Morgan fingerprint density at radius 1 is 0.286 bits per heavy atom. The van der Waals surface area contributed by atoms with E-state index >= 15 is 0 Å². The maximum absolute atomic E-state index is 6.31. The van der Waals surface area contributed by atoms with Crippen LogP contribution in [-0.2, 0) is 0 Å². The second-order valence-corrected chi connectivity index (χ2v) is 12.2. The fraction of sp³-hybridized carbons (Fsp3) is 0. The number of rotatable bonds is 6. The van der Waals surface area contributed by atoms with Crippen LogP contribution in [0.5, 0.6) is 0 Å². The average Bonchev–Trinajstić information content (AvgIpc) is 3.57. The number of benzene rings is 7. The van der Waals surface area contributed by atoms with Crippen molar-refractivity contribution in [1.29, 1.82) is 0 Å². The van der Waals surface area contributed by atoms with Crippen molar-refractivity contribution in [3.05, 3.63) is 182 Å². The minimum atomic E-state index is 0.694. The molecule has 2 aromatic heterocycles. The van der Waals surface area contributed by atoms with Gasteiger partial charge in [-0.2, -0.15) is 0 Å². The first-order valence-electron chi connectivity index (χ1n) is 16.5. The lowest BCUT2D eigenvalue weighted by Crippen LogP contribution is -1.96. The highest BCUT2D eigenvalue weighted by Gasteiger charge is 2.15. The summed E-state index contributed by atoms with van der Waals surface area (Å²) in [6.45, 7) is 0. The standard InChI is InChI=1S/C46H30N2O/c1-4-12-31(13-5-1)32-20-22-33(23-21-32)37-26-38(36-24-25-41-40-18-10-11-19-44(40)49-45(41)29-36)28-39(27-37)43-30-42(34-14-6-2-7-15-34)47-46(48-43)35-16-8-3-9-17-35/h1-30H. The Labute approximate surface area is 284 Å². The van der Waals surface area contributed by atoms with Crippen LogP contribution in [0.3, 0.4) is 0 Å². The second kappa shape index (κ2) is 12.2. The van der Waals surface area contributed by atoms with Crippen LogP contribution in [0.1, 0.15) is 0 Å². The number of para-hydroxylation sites is 1. The Morgan fingerprint density at radius 3 is 1.45 bits per heavy atom. The van der Waals surface area contributed by atoms with E-state index in [0.717, 1.165) is 72.3 Å². The van der Waals surface area contributed by atoms with Gasteiger partial charge >= 0.3 is 0 Å². The first-order chi connectivity index (χ1) is 24.2. The molecule has 230 valence electrons. The number of nitrogens with zero attached hydrogens (tertiary/aromatic N) is 2. The van der Waals surface area contributed by atoms with E-state index in [4.69, 9.17) is 14.4 Å². The van der Waals surface area contributed by atoms with Gasteiger partial charge in [-0.05, 0) is 75.8 Å². The summed E-state index contributed by atoms with van der Waals surface area (Å²) in [4.78, 5) is 10.2. The summed E-state index contributed by atoms with van der Waals surface area (Å²) in [6, 6.07) is 63.4. The lowest BCUT2D eigenvalue weighted by atomic mass is 9.93. The molecule has 9 aromatic rings. The second-order valence-electron chi connectivity index (χ2n) is 12.2. The fourth-order valence-corrected chi connectivity index (χ4v) is 6.57. The number of furan rings is 1. The molecule has 49 heavy (non-hydrogen) atoms. The van der Waals surface area contributed by atoms with E-state index in [2.05, 4.69) is 127 Å². The van der Waals surface area contributed by atoms with Gasteiger partial charge < -0.3 is 4.42 Å². The van der Waals surface area contributed by atoms with E-state index < -0.39 is 0 Å². The third kappa shape index (κ3) is 5.58. The topological polar surface area (TPSA) is 38.9 Å². The molecule has 0 atom stereocenters. The lowest BCUT2D eigenvalue weighted by Gasteiger charge is -2.13. The van der Waals surface area contributed by atoms with Crippen molar-refractivity contribution in [2.24, 2.45) is 0 Å². The molecule has 0 fully saturated rings. The Kier molecular flexibility index (Phi) is 7.14. The van der Waals surface area contributed by atoms with E-state index in [1.165, 1.54) is 11.1 Å². The molecule has 0 radical (unpaired) electrons. The van der Waals surface area contributed by atoms with Crippen molar-refractivity contribution in [2.45, 2.75) is 0 Å². The number of fused-ring (bicyclic) bond motifs is 3. The smallest absolute Gasteiger partial charge is 0.160 e. The Morgan fingerprint density at radius 2 is 0.755 bits per heavy atom. The van der Waals surface area contributed by atoms with Crippen molar-refractivity contribution in [3.63, 3.8) is 0 Å². The van der Waals surface area contributed by atoms with Gasteiger partial charge in [-0.3, -0.25) is 0 Å². The van der Waals surface area contributed by atoms with Gasteiger partial charge in [0.05, 0.1) is 11.4 Å². The van der Waals surface area contributed by atoms with Crippen molar-refractivity contribution in [1.82, 2.24) is 9.97 Å². The first kappa shape index (κ1) is 28.6.